The summed E-state index contributed by atoms with van der Waals surface area (Å²) < 4.78 is 22.3. The lowest BCUT2D eigenvalue weighted by atomic mass is 9.97. The Balaban J connectivity index is 1.52. The second-order valence-corrected chi connectivity index (χ2v) is 7.45. The van der Waals surface area contributed by atoms with Crippen LogP contribution in [0.2, 0.25) is 0 Å². The summed E-state index contributed by atoms with van der Waals surface area (Å²) in [6.45, 7) is 1.40. The van der Waals surface area contributed by atoms with Gasteiger partial charge in [-0.25, -0.2) is 4.39 Å². The SMILES string of the molecule is CN1C2CCC1c1c(n(CCOc3ccccc3)c3ccc(F)cc13)C2. The Bertz CT molecular complexity index is 950. The zero-order chi connectivity index (χ0) is 17.7. The maximum atomic E-state index is 14.0. The van der Waals surface area contributed by atoms with E-state index in [0.29, 0.717) is 18.7 Å². The molecule has 2 aromatic carbocycles. The summed E-state index contributed by atoms with van der Waals surface area (Å²) in [6, 6.07) is 16.2. The molecular formula is C22H23FN2O. The molecule has 5 rings (SSSR count). The monoisotopic (exact) mass is 350 g/mol. The Labute approximate surface area is 153 Å². The summed E-state index contributed by atoms with van der Waals surface area (Å²) in [4.78, 5) is 2.48. The number of hydrogen-bond donors (Lipinski definition) is 0. The predicted octanol–water partition coefficient (Wildman–Crippen LogP) is 4.55. The molecule has 0 radical (unpaired) electrons. The Kier molecular flexibility index (Phi) is 3.75. The number of para-hydroxylation sites is 1. The van der Waals surface area contributed by atoms with E-state index in [9.17, 15) is 4.39 Å². The van der Waals surface area contributed by atoms with Gasteiger partial charge in [0.15, 0.2) is 0 Å². The van der Waals surface area contributed by atoms with Crippen LogP contribution in [0, 0.1) is 5.82 Å². The highest BCUT2D eigenvalue weighted by Gasteiger charge is 2.40. The lowest BCUT2D eigenvalue weighted by Gasteiger charge is -2.32. The van der Waals surface area contributed by atoms with Crippen molar-refractivity contribution in [2.45, 2.75) is 37.9 Å². The quantitative estimate of drug-likeness (QED) is 0.687. The molecule has 2 aliphatic heterocycles. The molecule has 0 amide bonds. The maximum absolute atomic E-state index is 14.0. The lowest BCUT2D eigenvalue weighted by Crippen LogP contribution is -2.34. The van der Waals surface area contributed by atoms with Crippen molar-refractivity contribution in [3.63, 3.8) is 0 Å². The van der Waals surface area contributed by atoms with Crippen LogP contribution in [0.3, 0.4) is 0 Å². The van der Waals surface area contributed by atoms with E-state index in [0.717, 1.165) is 29.6 Å². The summed E-state index contributed by atoms with van der Waals surface area (Å²) >= 11 is 0. The third-order valence-corrected chi connectivity index (χ3v) is 6.11. The highest BCUT2D eigenvalue weighted by atomic mass is 19.1. The van der Waals surface area contributed by atoms with Gasteiger partial charge in [0.25, 0.3) is 0 Å². The predicted molar refractivity (Wildman–Crippen MR) is 101 cm³/mol. The number of fused-ring (bicyclic) bond motifs is 6. The van der Waals surface area contributed by atoms with E-state index >= 15 is 0 Å². The third kappa shape index (κ3) is 2.43. The average molecular weight is 350 g/mol. The normalized spacial score (nSPS) is 21.9. The molecule has 2 aliphatic rings. The van der Waals surface area contributed by atoms with Crippen molar-refractivity contribution in [1.29, 1.82) is 0 Å². The molecule has 134 valence electrons. The molecule has 2 atom stereocenters. The number of halogens is 1. The molecule has 3 nitrogen and oxygen atoms in total. The average Bonchev–Trinajstić information content (AvgIpc) is 3.06. The van der Waals surface area contributed by atoms with E-state index in [1.165, 1.54) is 24.1 Å². The van der Waals surface area contributed by atoms with Crippen LogP contribution in [0.4, 0.5) is 4.39 Å². The topological polar surface area (TPSA) is 17.4 Å². The third-order valence-electron chi connectivity index (χ3n) is 6.11. The first-order chi connectivity index (χ1) is 12.7. The van der Waals surface area contributed by atoms with Gasteiger partial charge in [-0.3, -0.25) is 4.90 Å². The summed E-state index contributed by atoms with van der Waals surface area (Å²) in [5.74, 6) is 0.740. The number of hydrogen-bond acceptors (Lipinski definition) is 2. The fourth-order valence-corrected chi connectivity index (χ4v) is 4.85. The van der Waals surface area contributed by atoms with Gasteiger partial charge in [-0.05, 0) is 55.8 Å². The van der Waals surface area contributed by atoms with E-state index in [-0.39, 0.29) is 5.82 Å². The molecule has 0 N–H and O–H groups in total. The van der Waals surface area contributed by atoms with Gasteiger partial charge in [-0.15, -0.1) is 0 Å². The minimum absolute atomic E-state index is 0.152. The number of benzene rings is 2. The first kappa shape index (κ1) is 15.9. The zero-order valence-electron chi connectivity index (χ0n) is 15.0. The van der Waals surface area contributed by atoms with Gasteiger partial charge in [-0.1, -0.05) is 18.2 Å². The van der Waals surface area contributed by atoms with Gasteiger partial charge < -0.3 is 9.30 Å². The molecule has 0 spiro atoms. The summed E-state index contributed by atoms with van der Waals surface area (Å²) in [5.41, 5.74) is 3.86. The van der Waals surface area contributed by atoms with Crippen molar-refractivity contribution in [3.8, 4) is 5.75 Å². The molecule has 26 heavy (non-hydrogen) atoms. The molecule has 0 aliphatic carbocycles. The number of likely N-dealkylation sites (N-methyl/N-ethyl adjacent to an activating group) is 1. The van der Waals surface area contributed by atoms with Gasteiger partial charge in [-0.2, -0.15) is 0 Å². The Morgan fingerprint density at radius 1 is 1.12 bits per heavy atom. The van der Waals surface area contributed by atoms with Gasteiger partial charge in [0, 0.05) is 35.1 Å². The second-order valence-electron chi connectivity index (χ2n) is 7.45. The Morgan fingerprint density at radius 2 is 1.96 bits per heavy atom. The smallest absolute Gasteiger partial charge is 0.123 e. The van der Waals surface area contributed by atoms with Crippen LogP contribution in [-0.2, 0) is 13.0 Å². The largest absolute Gasteiger partial charge is 0.492 e. The summed E-state index contributed by atoms with van der Waals surface area (Å²) in [6.07, 6.45) is 3.45. The van der Waals surface area contributed by atoms with E-state index < -0.39 is 0 Å². The highest BCUT2D eigenvalue weighted by Crippen LogP contribution is 2.46. The minimum atomic E-state index is -0.152. The van der Waals surface area contributed by atoms with Crippen molar-refractivity contribution in [2.24, 2.45) is 0 Å². The standard InChI is InChI=1S/C22H23FN2O/c1-24-16-8-10-20(24)22-18-13-15(23)7-9-19(18)25(21(22)14-16)11-12-26-17-5-3-2-4-6-17/h2-7,9,13,16,20H,8,10-12,14H2,1H3. The molecule has 1 fully saturated rings. The molecule has 4 heteroatoms. The van der Waals surface area contributed by atoms with Crippen molar-refractivity contribution < 1.29 is 9.13 Å². The first-order valence-electron chi connectivity index (χ1n) is 9.42. The summed E-state index contributed by atoms with van der Waals surface area (Å²) in [7, 11) is 2.21. The fraction of sp³-hybridized carbons (Fsp3) is 0.364. The van der Waals surface area contributed by atoms with Crippen molar-refractivity contribution >= 4 is 10.9 Å². The highest BCUT2D eigenvalue weighted by molar-refractivity contribution is 5.86. The van der Waals surface area contributed by atoms with Crippen molar-refractivity contribution in [3.05, 3.63) is 65.6 Å². The number of nitrogens with zero attached hydrogens (tertiary/aromatic N) is 2. The molecule has 1 saturated heterocycles. The van der Waals surface area contributed by atoms with E-state index in [4.69, 9.17) is 4.74 Å². The minimum Gasteiger partial charge on any atom is -0.492 e. The molecule has 3 heterocycles. The molecule has 0 saturated carbocycles. The van der Waals surface area contributed by atoms with Gasteiger partial charge >= 0.3 is 0 Å². The Morgan fingerprint density at radius 3 is 2.81 bits per heavy atom. The number of aromatic nitrogens is 1. The molecule has 2 bridgehead atoms. The van der Waals surface area contributed by atoms with Crippen LogP contribution in [-0.4, -0.2) is 29.2 Å². The second kappa shape index (κ2) is 6.13. The number of ether oxygens (including phenoxy) is 1. The molecule has 3 aromatic rings. The fourth-order valence-electron chi connectivity index (χ4n) is 4.85. The van der Waals surface area contributed by atoms with Gasteiger partial charge in [0.2, 0.25) is 0 Å². The van der Waals surface area contributed by atoms with E-state index in [2.05, 4.69) is 16.5 Å². The van der Waals surface area contributed by atoms with Gasteiger partial charge in [0.05, 0.1) is 6.54 Å². The summed E-state index contributed by atoms with van der Waals surface area (Å²) in [5, 5.41) is 1.08. The number of rotatable bonds is 4. The first-order valence-corrected chi connectivity index (χ1v) is 9.42. The van der Waals surface area contributed by atoms with Gasteiger partial charge in [0.1, 0.15) is 18.2 Å². The van der Waals surface area contributed by atoms with Crippen molar-refractivity contribution in [1.82, 2.24) is 9.47 Å². The molecular weight excluding hydrogens is 327 g/mol. The van der Waals surface area contributed by atoms with Crippen LogP contribution in [0.15, 0.2) is 48.5 Å². The molecule has 1 aromatic heterocycles. The lowest BCUT2D eigenvalue weighted by molar-refractivity contribution is 0.220. The molecule has 2 unspecified atom stereocenters. The van der Waals surface area contributed by atoms with E-state index in [1.807, 2.05) is 36.4 Å². The zero-order valence-corrected chi connectivity index (χ0v) is 15.0. The van der Waals surface area contributed by atoms with Crippen molar-refractivity contribution in [2.75, 3.05) is 13.7 Å². The van der Waals surface area contributed by atoms with Crippen LogP contribution >= 0.6 is 0 Å². The van der Waals surface area contributed by atoms with E-state index in [1.54, 1.807) is 12.1 Å². The van der Waals surface area contributed by atoms with Crippen LogP contribution in [0.1, 0.15) is 30.1 Å². The maximum Gasteiger partial charge on any atom is 0.123 e. The van der Waals surface area contributed by atoms with Crippen LogP contribution in [0.25, 0.3) is 10.9 Å². The van der Waals surface area contributed by atoms with Crippen LogP contribution in [0.5, 0.6) is 5.75 Å². The Hall–Kier alpha value is -2.33. The van der Waals surface area contributed by atoms with Crippen LogP contribution < -0.4 is 4.74 Å².